The molecule has 0 radical (unpaired) electrons. The molecule has 1 aliphatic carbocycles. The number of hydrogen-bond acceptors (Lipinski definition) is 2. The third kappa shape index (κ3) is 2.65. The molecule has 2 rings (SSSR count). The van der Waals surface area contributed by atoms with Crippen molar-refractivity contribution in [3.63, 3.8) is 0 Å². The van der Waals surface area contributed by atoms with Crippen molar-refractivity contribution in [1.29, 1.82) is 0 Å². The Labute approximate surface area is 89.7 Å². The van der Waals surface area contributed by atoms with Gasteiger partial charge in [-0.25, -0.2) is 0 Å². The predicted molar refractivity (Wildman–Crippen MR) is 63.0 cm³/mol. The number of nitrogens with two attached hydrogens (primary N) is 1. The molecule has 1 saturated carbocycles. The monoisotopic (exact) mass is 201 g/mol. The molecule has 0 unspecified atom stereocenters. The number of benzene rings is 1. The van der Waals surface area contributed by atoms with Gasteiger partial charge in [0, 0.05) is 5.92 Å². The first-order chi connectivity index (χ1) is 7.27. The Balaban J connectivity index is 2.28. The van der Waals surface area contributed by atoms with Crippen LogP contribution in [-0.4, -0.2) is 11.5 Å². The van der Waals surface area contributed by atoms with Crippen LogP contribution >= 0.6 is 0 Å². The highest BCUT2D eigenvalue weighted by molar-refractivity contribution is 6.03. The van der Waals surface area contributed by atoms with Crippen molar-refractivity contribution < 1.29 is 0 Å². The van der Waals surface area contributed by atoms with Gasteiger partial charge in [-0.05, 0) is 25.3 Å². The van der Waals surface area contributed by atoms with E-state index in [0.29, 0.717) is 11.8 Å². The van der Waals surface area contributed by atoms with Crippen molar-refractivity contribution in [1.82, 2.24) is 0 Å². The lowest BCUT2D eigenvalue weighted by Crippen LogP contribution is -2.07. The van der Waals surface area contributed by atoms with Crippen LogP contribution in [0.25, 0.3) is 0 Å². The molecule has 0 aliphatic heterocycles. The molecule has 0 amide bonds. The molecule has 1 aromatic carbocycles. The fourth-order valence-corrected chi connectivity index (χ4v) is 1.47. The molecule has 3 heteroatoms. The quantitative estimate of drug-likeness (QED) is 0.455. The van der Waals surface area contributed by atoms with Crippen molar-refractivity contribution in [2.75, 3.05) is 0 Å². The molecule has 0 atom stereocenters. The molecule has 15 heavy (non-hydrogen) atoms. The minimum atomic E-state index is 0.504. The summed E-state index contributed by atoms with van der Waals surface area (Å²) in [6.07, 6.45) is 2.43. The maximum absolute atomic E-state index is 5.48. The zero-order valence-corrected chi connectivity index (χ0v) is 8.85. The Hall–Kier alpha value is -1.64. The summed E-state index contributed by atoms with van der Waals surface area (Å²) in [5.74, 6) is 1.08. The van der Waals surface area contributed by atoms with E-state index in [1.165, 1.54) is 12.8 Å². The smallest absolute Gasteiger partial charge is 0.119 e. The van der Waals surface area contributed by atoms with Gasteiger partial charge in [0.2, 0.25) is 0 Å². The molecule has 3 nitrogen and oxygen atoms in total. The van der Waals surface area contributed by atoms with Crippen LogP contribution in [0.15, 0.2) is 40.5 Å². The molecule has 2 N–H and O–H groups in total. The van der Waals surface area contributed by atoms with E-state index in [-0.39, 0.29) is 0 Å². The highest BCUT2D eigenvalue weighted by Crippen LogP contribution is 2.33. The van der Waals surface area contributed by atoms with Gasteiger partial charge in [0.05, 0.1) is 5.71 Å². The molecular weight excluding hydrogens is 186 g/mol. The summed E-state index contributed by atoms with van der Waals surface area (Å²) in [6.45, 7) is 1.75. The topological polar surface area (TPSA) is 50.7 Å². The first-order valence-corrected chi connectivity index (χ1v) is 5.20. The molecule has 0 aromatic heterocycles. The van der Waals surface area contributed by atoms with Crippen LogP contribution in [0.1, 0.15) is 25.3 Å². The van der Waals surface area contributed by atoms with Gasteiger partial charge >= 0.3 is 0 Å². The van der Waals surface area contributed by atoms with Crippen LogP contribution < -0.4 is 5.73 Å². The lowest BCUT2D eigenvalue weighted by Gasteiger charge is -2.02. The largest absolute Gasteiger partial charge is 0.386 e. The fraction of sp³-hybridized carbons (Fsp3) is 0.333. The number of nitrogens with zero attached hydrogens (tertiary/aromatic N) is 2. The van der Waals surface area contributed by atoms with E-state index in [4.69, 9.17) is 5.73 Å². The Morgan fingerprint density at radius 1 is 1.20 bits per heavy atom. The van der Waals surface area contributed by atoms with Crippen molar-refractivity contribution in [2.24, 2.45) is 21.9 Å². The summed E-state index contributed by atoms with van der Waals surface area (Å²) >= 11 is 0. The summed E-state index contributed by atoms with van der Waals surface area (Å²) < 4.78 is 0. The van der Waals surface area contributed by atoms with E-state index in [9.17, 15) is 0 Å². The average molecular weight is 201 g/mol. The Kier molecular flexibility index (Phi) is 2.81. The first kappa shape index (κ1) is 9.90. The SMILES string of the molecule is C/C(N)=N/N=C(\c1ccccc1)C1CC1. The second-order valence-electron chi connectivity index (χ2n) is 3.87. The second kappa shape index (κ2) is 4.26. The van der Waals surface area contributed by atoms with E-state index in [2.05, 4.69) is 22.3 Å². The van der Waals surface area contributed by atoms with Crippen molar-refractivity contribution >= 4 is 11.5 Å². The molecule has 1 aliphatic rings. The Morgan fingerprint density at radius 3 is 2.40 bits per heavy atom. The lowest BCUT2D eigenvalue weighted by molar-refractivity contribution is 1.11. The van der Waals surface area contributed by atoms with Gasteiger partial charge < -0.3 is 5.73 Å². The van der Waals surface area contributed by atoms with E-state index in [0.717, 1.165) is 11.3 Å². The van der Waals surface area contributed by atoms with Gasteiger partial charge in [0.1, 0.15) is 5.84 Å². The fourth-order valence-electron chi connectivity index (χ4n) is 1.47. The number of hydrogen-bond donors (Lipinski definition) is 1. The summed E-state index contributed by atoms with van der Waals surface area (Å²) in [6, 6.07) is 10.2. The molecular formula is C12H15N3. The normalized spacial score (nSPS) is 17.9. The number of rotatable bonds is 3. The zero-order valence-electron chi connectivity index (χ0n) is 8.85. The van der Waals surface area contributed by atoms with Gasteiger partial charge in [-0.3, -0.25) is 0 Å². The van der Waals surface area contributed by atoms with Gasteiger partial charge in [-0.15, -0.1) is 5.10 Å². The summed E-state index contributed by atoms with van der Waals surface area (Å²) in [5, 5.41) is 8.18. The van der Waals surface area contributed by atoms with E-state index in [1.54, 1.807) is 6.92 Å². The molecule has 0 spiro atoms. The predicted octanol–water partition coefficient (Wildman–Crippen LogP) is 2.18. The average Bonchev–Trinajstić information content (AvgIpc) is 3.03. The minimum Gasteiger partial charge on any atom is -0.386 e. The van der Waals surface area contributed by atoms with Crippen LogP contribution in [0.3, 0.4) is 0 Å². The standard InChI is InChI=1S/C12H15N3/c1-9(13)14-15-12(11-7-8-11)10-5-3-2-4-6-10/h2-6,11H,7-8H2,1H3,(H2,13,14)/b15-12+. The van der Waals surface area contributed by atoms with Crippen LogP contribution in [0.5, 0.6) is 0 Å². The van der Waals surface area contributed by atoms with Gasteiger partial charge in [-0.1, -0.05) is 30.3 Å². The third-order valence-corrected chi connectivity index (χ3v) is 2.35. The van der Waals surface area contributed by atoms with Crippen LogP contribution in [0, 0.1) is 5.92 Å². The maximum atomic E-state index is 5.48. The van der Waals surface area contributed by atoms with Crippen LogP contribution in [0.2, 0.25) is 0 Å². The van der Waals surface area contributed by atoms with Gasteiger partial charge in [0.15, 0.2) is 0 Å². The lowest BCUT2D eigenvalue weighted by atomic mass is 10.1. The molecule has 1 fully saturated rings. The molecule has 0 heterocycles. The third-order valence-electron chi connectivity index (χ3n) is 2.35. The molecule has 1 aromatic rings. The van der Waals surface area contributed by atoms with E-state index < -0.39 is 0 Å². The Bertz CT molecular complexity index is 385. The summed E-state index contributed by atoms with van der Waals surface area (Å²) in [4.78, 5) is 0. The van der Waals surface area contributed by atoms with E-state index in [1.807, 2.05) is 18.2 Å². The van der Waals surface area contributed by atoms with Gasteiger partial charge in [-0.2, -0.15) is 5.10 Å². The van der Waals surface area contributed by atoms with Crippen LogP contribution in [-0.2, 0) is 0 Å². The van der Waals surface area contributed by atoms with Crippen molar-refractivity contribution in [2.45, 2.75) is 19.8 Å². The van der Waals surface area contributed by atoms with Crippen LogP contribution in [0.4, 0.5) is 0 Å². The summed E-state index contributed by atoms with van der Waals surface area (Å²) in [5.41, 5.74) is 7.71. The molecule has 78 valence electrons. The first-order valence-electron chi connectivity index (χ1n) is 5.20. The minimum absolute atomic E-state index is 0.504. The molecule has 0 saturated heterocycles. The molecule has 0 bridgehead atoms. The highest BCUT2D eigenvalue weighted by Gasteiger charge is 2.28. The number of amidine groups is 1. The van der Waals surface area contributed by atoms with E-state index >= 15 is 0 Å². The van der Waals surface area contributed by atoms with Gasteiger partial charge in [0.25, 0.3) is 0 Å². The van der Waals surface area contributed by atoms with Crippen molar-refractivity contribution in [3.05, 3.63) is 35.9 Å². The maximum Gasteiger partial charge on any atom is 0.119 e. The van der Waals surface area contributed by atoms with Crippen molar-refractivity contribution in [3.8, 4) is 0 Å². The summed E-state index contributed by atoms with van der Waals surface area (Å²) in [7, 11) is 0. The second-order valence-corrected chi connectivity index (χ2v) is 3.87. The Morgan fingerprint density at radius 2 is 1.87 bits per heavy atom. The zero-order chi connectivity index (χ0) is 10.7. The highest BCUT2D eigenvalue weighted by atomic mass is 15.2.